The Morgan fingerprint density at radius 2 is 1.82 bits per heavy atom. The Morgan fingerprint density at radius 3 is 2.00 bits per heavy atom. The molecule has 0 aliphatic rings. The normalized spacial score (nSPS) is 10.1. The van der Waals surface area contributed by atoms with Crippen molar-refractivity contribution in [1.29, 1.82) is 0 Å². The molecule has 0 bridgehead atoms. The first kappa shape index (κ1) is 8.06. The Hall–Kier alpha value is -1.04. The number of carbonyl (C=O) groups is 1. The summed E-state index contributed by atoms with van der Waals surface area (Å²) in [6, 6.07) is 0. The molecule has 0 spiro atoms. The van der Waals surface area contributed by atoms with Crippen molar-refractivity contribution in [3.05, 3.63) is 21.6 Å². The zero-order valence-corrected chi connectivity index (χ0v) is 5.71. The van der Waals surface area contributed by atoms with Crippen LogP contribution in [0.5, 0.6) is 0 Å². The van der Waals surface area contributed by atoms with Crippen molar-refractivity contribution in [2.75, 3.05) is 0 Å². The first-order valence-electron chi connectivity index (χ1n) is 2.40. The average molecular weight is 182 g/mol. The third-order valence-electron chi connectivity index (χ3n) is 0.951. The molecule has 60 valence electrons. The zero-order chi connectivity index (χ0) is 8.59. The molecule has 11 heavy (non-hydrogen) atoms. The maximum absolute atomic E-state index is 12.3. The van der Waals surface area contributed by atoms with Gasteiger partial charge in [0.2, 0.25) is 10.9 Å². The van der Waals surface area contributed by atoms with Crippen LogP contribution in [0, 0.1) is 16.8 Å². The van der Waals surface area contributed by atoms with Crippen LogP contribution in [0.25, 0.3) is 0 Å². The minimum Gasteiger partial charge on any atom is -0.477 e. The van der Waals surface area contributed by atoms with E-state index >= 15 is 0 Å². The molecule has 1 heterocycles. The lowest BCUT2D eigenvalue weighted by Gasteiger charge is -1.83. The van der Waals surface area contributed by atoms with E-state index in [4.69, 9.17) is 5.11 Å². The molecule has 0 aliphatic carbocycles. The Bertz CT molecular complexity index is 307. The number of hydrogen-bond donors (Lipinski definition) is 1. The Balaban J connectivity index is 3.29. The van der Waals surface area contributed by atoms with Gasteiger partial charge >= 0.3 is 5.97 Å². The maximum Gasteiger partial charge on any atom is 0.349 e. The summed E-state index contributed by atoms with van der Waals surface area (Å²) in [4.78, 5) is 9.08. The second-order valence-electron chi connectivity index (χ2n) is 1.64. The van der Waals surface area contributed by atoms with Crippen LogP contribution in [-0.4, -0.2) is 11.1 Å². The lowest BCUT2D eigenvalue weighted by atomic mass is 10.4. The number of rotatable bonds is 1. The molecule has 0 atom stereocenters. The summed E-state index contributed by atoms with van der Waals surface area (Å²) in [5.41, 5.74) is 0. The molecular formula is C5HF3O2S. The topological polar surface area (TPSA) is 37.3 Å². The lowest BCUT2D eigenvalue weighted by molar-refractivity contribution is 0.0697. The summed E-state index contributed by atoms with van der Waals surface area (Å²) < 4.78 is 36.5. The molecule has 0 saturated carbocycles. The SMILES string of the molecule is O=C(O)c1sc(F)c(F)c1F. The molecule has 0 radical (unpaired) electrons. The van der Waals surface area contributed by atoms with Crippen molar-refractivity contribution in [3.8, 4) is 0 Å². The van der Waals surface area contributed by atoms with Crippen LogP contribution in [0.1, 0.15) is 9.67 Å². The maximum atomic E-state index is 12.3. The van der Waals surface area contributed by atoms with E-state index in [2.05, 4.69) is 0 Å². The monoisotopic (exact) mass is 182 g/mol. The van der Waals surface area contributed by atoms with Crippen LogP contribution >= 0.6 is 11.3 Å². The van der Waals surface area contributed by atoms with E-state index in [1.807, 2.05) is 0 Å². The van der Waals surface area contributed by atoms with Crippen molar-refractivity contribution in [1.82, 2.24) is 0 Å². The number of thiophene rings is 1. The van der Waals surface area contributed by atoms with E-state index in [1.165, 1.54) is 0 Å². The van der Waals surface area contributed by atoms with Gasteiger partial charge in [-0.3, -0.25) is 0 Å². The van der Waals surface area contributed by atoms with Gasteiger partial charge in [-0.1, -0.05) is 11.3 Å². The first-order valence-corrected chi connectivity index (χ1v) is 3.22. The predicted octanol–water partition coefficient (Wildman–Crippen LogP) is 1.86. The van der Waals surface area contributed by atoms with Gasteiger partial charge in [0.25, 0.3) is 0 Å². The van der Waals surface area contributed by atoms with Gasteiger partial charge in [-0.15, -0.1) is 0 Å². The molecule has 1 aromatic heterocycles. The smallest absolute Gasteiger partial charge is 0.349 e. The standard InChI is InChI=1S/C5HF3O2S/c6-1-2(7)4(8)11-3(1)5(9)10/h(H,9,10). The third-order valence-corrected chi connectivity index (χ3v) is 1.87. The summed E-state index contributed by atoms with van der Waals surface area (Å²) in [6.07, 6.45) is 0. The second-order valence-corrected chi connectivity index (χ2v) is 2.61. The van der Waals surface area contributed by atoms with Gasteiger partial charge in [0.1, 0.15) is 0 Å². The molecule has 0 unspecified atom stereocenters. The van der Waals surface area contributed by atoms with E-state index in [0.717, 1.165) is 0 Å². The highest BCUT2D eigenvalue weighted by atomic mass is 32.1. The fraction of sp³-hybridized carbons (Fsp3) is 0. The van der Waals surface area contributed by atoms with Gasteiger partial charge in [0.05, 0.1) is 0 Å². The van der Waals surface area contributed by atoms with Crippen molar-refractivity contribution < 1.29 is 23.1 Å². The average Bonchev–Trinajstić information content (AvgIpc) is 2.17. The van der Waals surface area contributed by atoms with Gasteiger partial charge < -0.3 is 5.11 Å². The highest BCUT2D eigenvalue weighted by Crippen LogP contribution is 2.23. The third kappa shape index (κ3) is 1.21. The van der Waals surface area contributed by atoms with Crippen molar-refractivity contribution in [2.24, 2.45) is 0 Å². The molecule has 0 aliphatic heterocycles. The van der Waals surface area contributed by atoms with Crippen LogP contribution in [0.4, 0.5) is 13.2 Å². The molecule has 6 heteroatoms. The van der Waals surface area contributed by atoms with Gasteiger partial charge in [-0.25, -0.2) is 9.18 Å². The summed E-state index contributed by atoms with van der Waals surface area (Å²) in [6.45, 7) is 0. The molecule has 1 N–H and O–H groups in total. The highest BCUT2D eigenvalue weighted by molar-refractivity contribution is 7.12. The van der Waals surface area contributed by atoms with E-state index in [-0.39, 0.29) is 11.3 Å². The van der Waals surface area contributed by atoms with Gasteiger partial charge in [0, 0.05) is 0 Å². The molecule has 0 amide bonds. The van der Waals surface area contributed by atoms with E-state index in [9.17, 15) is 18.0 Å². The predicted molar refractivity (Wildman–Crippen MR) is 31.2 cm³/mol. The second kappa shape index (κ2) is 2.54. The number of halogens is 3. The van der Waals surface area contributed by atoms with Crippen molar-refractivity contribution in [3.63, 3.8) is 0 Å². The van der Waals surface area contributed by atoms with Gasteiger partial charge in [-0.05, 0) is 0 Å². The fourth-order valence-corrected chi connectivity index (χ4v) is 1.13. The summed E-state index contributed by atoms with van der Waals surface area (Å²) in [7, 11) is 0. The number of hydrogen-bond acceptors (Lipinski definition) is 2. The molecule has 2 nitrogen and oxygen atoms in total. The zero-order valence-electron chi connectivity index (χ0n) is 4.90. The fourth-order valence-electron chi connectivity index (χ4n) is 0.503. The highest BCUT2D eigenvalue weighted by Gasteiger charge is 2.22. The Labute approximate surface area is 62.9 Å². The molecule has 1 rings (SSSR count). The van der Waals surface area contributed by atoms with Crippen molar-refractivity contribution in [2.45, 2.75) is 0 Å². The van der Waals surface area contributed by atoms with Gasteiger partial charge in [-0.2, -0.15) is 8.78 Å². The van der Waals surface area contributed by atoms with Crippen LogP contribution in [0.2, 0.25) is 0 Å². The Morgan fingerprint density at radius 1 is 1.27 bits per heavy atom. The molecule has 1 aromatic rings. The number of aromatic carboxylic acids is 1. The number of carboxylic acids is 1. The number of carboxylic acid groups (broad SMARTS) is 1. The van der Waals surface area contributed by atoms with Crippen LogP contribution < -0.4 is 0 Å². The van der Waals surface area contributed by atoms with Crippen molar-refractivity contribution >= 4 is 17.3 Å². The van der Waals surface area contributed by atoms with E-state index < -0.39 is 27.6 Å². The summed E-state index contributed by atoms with van der Waals surface area (Å²) in [5.74, 6) is -5.04. The Kier molecular flexibility index (Phi) is 1.86. The quantitative estimate of drug-likeness (QED) is 0.719. The summed E-state index contributed by atoms with van der Waals surface area (Å²) >= 11 is -0.0671. The van der Waals surface area contributed by atoms with E-state index in [0.29, 0.717) is 0 Å². The minimum absolute atomic E-state index is 0.0671. The lowest BCUT2D eigenvalue weighted by Crippen LogP contribution is -1.95. The van der Waals surface area contributed by atoms with E-state index in [1.54, 1.807) is 0 Å². The van der Waals surface area contributed by atoms with Crippen LogP contribution in [0.3, 0.4) is 0 Å². The summed E-state index contributed by atoms with van der Waals surface area (Å²) in [5, 5.41) is 6.70. The molecular weight excluding hydrogens is 181 g/mol. The first-order chi connectivity index (χ1) is 5.04. The van der Waals surface area contributed by atoms with Crippen LogP contribution in [-0.2, 0) is 0 Å². The molecule has 0 aromatic carbocycles. The molecule has 0 saturated heterocycles. The largest absolute Gasteiger partial charge is 0.477 e. The van der Waals surface area contributed by atoms with Gasteiger partial charge in [0.15, 0.2) is 10.7 Å². The van der Waals surface area contributed by atoms with Crippen LogP contribution in [0.15, 0.2) is 0 Å². The minimum atomic E-state index is -1.73. The molecule has 0 fully saturated rings.